The molecule has 0 bridgehead atoms. The van der Waals surface area contributed by atoms with Crippen molar-refractivity contribution in [2.45, 2.75) is 6.54 Å². The third-order valence-corrected chi connectivity index (χ3v) is 2.22. The fraction of sp³-hybridized carbons (Fsp3) is 0.200. The van der Waals surface area contributed by atoms with Gasteiger partial charge < -0.3 is 9.84 Å². The summed E-state index contributed by atoms with van der Waals surface area (Å²) in [6.07, 6.45) is 0. The van der Waals surface area contributed by atoms with E-state index in [2.05, 4.69) is 10.3 Å². The van der Waals surface area contributed by atoms with E-state index in [0.29, 0.717) is 11.3 Å². The number of benzene rings is 1. The first-order valence-electron chi connectivity index (χ1n) is 4.76. The summed E-state index contributed by atoms with van der Waals surface area (Å²) in [7, 11) is 1.46. The van der Waals surface area contributed by atoms with Crippen molar-refractivity contribution >= 4 is 16.9 Å². The number of hydrogen-bond acceptors (Lipinski definition) is 5. The molecule has 1 N–H and O–H groups in total. The van der Waals surface area contributed by atoms with E-state index in [1.807, 2.05) is 0 Å². The monoisotopic (exact) mass is 235 g/mol. The number of nitrogens with zero attached hydrogens (tertiary/aromatic N) is 3. The van der Waals surface area contributed by atoms with Crippen LogP contribution >= 0.6 is 0 Å². The molecule has 1 aromatic heterocycles. The zero-order chi connectivity index (χ0) is 12.4. The molecule has 0 atom stereocenters. The van der Waals surface area contributed by atoms with Crippen LogP contribution in [-0.2, 0) is 11.3 Å². The Morgan fingerprint density at radius 2 is 2.29 bits per heavy atom. The van der Waals surface area contributed by atoms with Crippen molar-refractivity contribution in [1.82, 2.24) is 15.0 Å². The molecule has 0 saturated heterocycles. The highest BCUT2D eigenvalue weighted by molar-refractivity contribution is 5.83. The Balaban J connectivity index is 2.68. The predicted octanol–water partition coefficient (Wildman–Crippen LogP) is -0.115. The minimum absolute atomic E-state index is 0.278. The van der Waals surface area contributed by atoms with Gasteiger partial charge in [-0.15, -0.1) is 5.10 Å². The lowest BCUT2D eigenvalue weighted by Gasteiger charge is -2.04. The van der Waals surface area contributed by atoms with Gasteiger partial charge in [0.25, 0.3) is 5.56 Å². The van der Waals surface area contributed by atoms with Crippen LogP contribution < -0.4 is 10.3 Å². The first-order valence-corrected chi connectivity index (χ1v) is 4.76. The molecule has 0 spiro atoms. The summed E-state index contributed by atoms with van der Waals surface area (Å²) in [5.74, 6) is -0.724. The van der Waals surface area contributed by atoms with Crippen LogP contribution in [0.1, 0.15) is 0 Å². The number of aromatic nitrogens is 3. The summed E-state index contributed by atoms with van der Waals surface area (Å²) in [6, 6.07) is 4.83. The third kappa shape index (κ3) is 1.94. The van der Waals surface area contributed by atoms with Gasteiger partial charge in [0.05, 0.1) is 12.5 Å². The molecule has 17 heavy (non-hydrogen) atoms. The zero-order valence-corrected chi connectivity index (χ0v) is 8.95. The Morgan fingerprint density at radius 1 is 1.53 bits per heavy atom. The number of carbonyl (C=O) groups is 1. The second kappa shape index (κ2) is 4.20. The Bertz CT molecular complexity index is 635. The number of carboxylic acids is 1. The maximum Gasteiger partial charge on any atom is 0.325 e. The van der Waals surface area contributed by atoms with Crippen LogP contribution in [0.2, 0.25) is 0 Å². The number of hydrogen-bond donors (Lipinski definition) is 1. The van der Waals surface area contributed by atoms with Crippen LogP contribution in [0.25, 0.3) is 10.9 Å². The molecular weight excluding hydrogens is 226 g/mol. The molecule has 1 heterocycles. The number of fused-ring (bicyclic) bond motifs is 1. The van der Waals surface area contributed by atoms with Crippen molar-refractivity contribution in [3.05, 3.63) is 28.6 Å². The van der Waals surface area contributed by atoms with E-state index in [1.54, 1.807) is 18.2 Å². The zero-order valence-electron chi connectivity index (χ0n) is 8.95. The number of carboxylic acid groups (broad SMARTS) is 1. The smallest absolute Gasteiger partial charge is 0.325 e. The fourth-order valence-corrected chi connectivity index (χ4v) is 1.47. The molecular formula is C10H9N3O4. The SMILES string of the molecule is COc1cccc2c(=O)n(CC(=O)O)nnc12. The topological polar surface area (TPSA) is 94.3 Å². The Labute approximate surface area is 95.2 Å². The lowest BCUT2D eigenvalue weighted by molar-refractivity contribution is -0.138. The molecule has 7 nitrogen and oxygen atoms in total. The number of ether oxygens (including phenoxy) is 1. The Kier molecular flexibility index (Phi) is 2.73. The molecule has 0 fully saturated rings. The van der Waals surface area contributed by atoms with Crippen molar-refractivity contribution in [1.29, 1.82) is 0 Å². The molecule has 88 valence electrons. The van der Waals surface area contributed by atoms with Crippen molar-refractivity contribution < 1.29 is 14.6 Å². The molecule has 0 aliphatic heterocycles. The van der Waals surface area contributed by atoms with E-state index in [9.17, 15) is 9.59 Å². The summed E-state index contributed by atoms with van der Waals surface area (Å²) in [4.78, 5) is 22.4. The first-order chi connectivity index (χ1) is 8.13. The first kappa shape index (κ1) is 11.1. The molecule has 1 aromatic carbocycles. The lowest BCUT2D eigenvalue weighted by atomic mass is 10.2. The lowest BCUT2D eigenvalue weighted by Crippen LogP contribution is -2.27. The van der Waals surface area contributed by atoms with Crippen LogP contribution in [0, 0.1) is 0 Å². The Morgan fingerprint density at radius 3 is 2.94 bits per heavy atom. The minimum Gasteiger partial charge on any atom is -0.494 e. The molecule has 7 heteroatoms. The van der Waals surface area contributed by atoms with E-state index in [-0.39, 0.29) is 5.39 Å². The van der Waals surface area contributed by atoms with Crippen molar-refractivity contribution in [3.8, 4) is 5.75 Å². The molecule has 0 radical (unpaired) electrons. The van der Waals surface area contributed by atoms with E-state index in [0.717, 1.165) is 4.68 Å². The largest absolute Gasteiger partial charge is 0.494 e. The van der Waals surface area contributed by atoms with Gasteiger partial charge in [-0.3, -0.25) is 9.59 Å². The van der Waals surface area contributed by atoms with Crippen LogP contribution in [0.5, 0.6) is 5.75 Å². The van der Waals surface area contributed by atoms with Gasteiger partial charge in [-0.1, -0.05) is 11.3 Å². The molecule has 2 aromatic rings. The summed E-state index contributed by atoms with van der Waals surface area (Å²) < 4.78 is 5.83. The van der Waals surface area contributed by atoms with Gasteiger partial charge in [-0.2, -0.15) is 4.68 Å². The van der Waals surface area contributed by atoms with Gasteiger partial charge in [0.2, 0.25) is 0 Å². The highest BCUT2D eigenvalue weighted by atomic mass is 16.5. The quantitative estimate of drug-likeness (QED) is 0.797. The van der Waals surface area contributed by atoms with Gasteiger partial charge in [0.1, 0.15) is 17.8 Å². The van der Waals surface area contributed by atoms with E-state index in [4.69, 9.17) is 9.84 Å². The average molecular weight is 235 g/mol. The summed E-state index contributed by atoms with van der Waals surface area (Å²) >= 11 is 0. The molecule has 0 saturated carbocycles. The summed E-state index contributed by atoms with van der Waals surface area (Å²) in [5, 5.41) is 16.2. The van der Waals surface area contributed by atoms with Gasteiger partial charge in [-0.25, -0.2) is 0 Å². The van der Waals surface area contributed by atoms with Gasteiger partial charge in [0.15, 0.2) is 0 Å². The fourth-order valence-electron chi connectivity index (χ4n) is 1.47. The number of methoxy groups -OCH3 is 1. The van der Waals surface area contributed by atoms with Gasteiger partial charge >= 0.3 is 5.97 Å². The van der Waals surface area contributed by atoms with Crippen molar-refractivity contribution in [2.75, 3.05) is 7.11 Å². The molecule has 0 amide bonds. The summed E-state index contributed by atoms with van der Waals surface area (Å²) in [6.45, 7) is -0.515. The number of aliphatic carboxylic acids is 1. The predicted molar refractivity (Wildman–Crippen MR) is 58.0 cm³/mol. The third-order valence-electron chi connectivity index (χ3n) is 2.22. The molecule has 2 rings (SSSR count). The second-order valence-corrected chi connectivity index (χ2v) is 3.30. The van der Waals surface area contributed by atoms with E-state index < -0.39 is 18.1 Å². The van der Waals surface area contributed by atoms with Crippen molar-refractivity contribution in [3.63, 3.8) is 0 Å². The second-order valence-electron chi connectivity index (χ2n) is 3.30. The van der Waals surface area contributed by atoms with Crippen LogP contribution in [0.4, 0.5) is 0 Å². The van der Waals surface area contributed by atoms with Crippen LogP contribution in [0.3, 0.4) is 0 Å². The minimum atomic E-state index is -1.15. The Hall–Kier alpha value is -2.44. The van der Waals surface area contributed by atoms with Crippen LogP contribution in [-0.4, -0.2) is 33.2 Å². The van der Waals surface area contributed by atoms with Crippen molar-refractivity contribution in [2.24, 2.45) is 0 Å². The maximum atomic E-state index is 11.9. The van der Waals surface area contributed by atoms with E-state index >= 15 is 0 Å². The maximum absolute atomic E-state index is 11.9. The van der Waals surface area contributed by atoms with E-state index in [1.165, 1.54) is 7.11 Å². The van der Waals surface area contributed by atoms with Crippen LogP contribution in [0.15, 0.2) is 23.0 Å². The number of rotatable bonds is 3. The normalized spacial score (nSPS) is 10.4. The standard InChI is InChI=1S/C10H9N3O4/c1-17-7-4-2-3-6-9(7)11-12-13(10(6)16)5-8(14)15/h2-4H,5H2,1H3,(H,14,15). The molecule has 0 aliphatic carbocycles. The molecule has 0 unspecified atom stereocenters. The van der Waals surface area contributed by atoms with Gasteiger partial charge in [-0.05, 0) is 12.1 Å². The van der Waals surface area contributed by atoms with Gasteiger partial charge in [0, 0.05) is 0 Å². The highest BCUT2D eigenvalue weighted by Gasteiger charge is 2.11. The highest BCUT2D eigenvalue weighted by Crippen LogP contribution is 2.19. The summed E-state index contributed by atoms with van der Waals surface area (Å²) in [5.41, 5.74) is -0.182. The molecule has 0 aliphatic rings. The average Bonchev–Trinajstić information content (AvgIpc) is 2.31.